The van der Waals surface area contributed by atoms with E-state index in [9.17, 15) is 9.59 Å². The van der Waals surface area contributed by atoms with Gasteiger partial charge in [-0.3, -0.25) is 4.79 Å². The van der Waals surface area contributed by atoms with E-state index in [1.807, 2.05) is 0 Å². The molecule has 0 aliphatic heterocycles. The number of esters is 1. The van der Waals surface area contributed by atoms with Crippen LogP contribution >= 0.6 is 0 Å². The van der Waals surface area contributed by atoms with E-state index in [0.29, 0.717) is 5.56 Å². The molecule has 1 N–H and O–H groups in total. The monoisotopic (exact) mass is 221 g/mol. The Morgan fingerprint density at radius 1 is 1.56 bits per heavy atom. The molecule has 1 aromatic rings. The van der Waals surface area contributed by atoms with Gasteiger partial charge in [-0.05, 0) is 6.07 Å². The average Bonchev–Trinajstić information content (AvgIpc) is 2.29. The number of hydrogen-bond acceptors (Lipinski definition) is 4. The van der Waals surface area contributed by atoms with Crippen LogP contribution in [0.15, 0.2) is 24.4 Å². The lowest BCUT2D eigenvalue weighted by Crippen LogP contribution is -2.02. The van der Waals surface area contributed by atoms with Crippen molar-refractivity contribution in [2.24, 2.45) is 0 Å². The van der Waals surface area contributed by atoms with Gasteiger partial charge in [0.2, 0.25) is 0 Å². The number of methoxy groups -OCH3 is 1. The molecule has 5 heteroatoms. The predicted octanol–water partition coefficient (Wildman–Crippen LogP) is 1.36. The number of carboxylic acid groups (broad SMARTS) is 1. The van der Waals surface area contributed by atoms with Crippen LogP contribution in [0.5, 0.6) is 0 Å². The lowest BCUT2D eigenvalue weighted by molar-refractivity contribution is -0.139. The van der Waals surface area contributed by atoms with Gasteiger partial charge in [0.1, 0.15) is 0 Å². The largest absolute Gasteiger partial charge is 0.476 e. The number of pyridine rings is 1. The van der Waals surface area contributed by atoms with Crippen LogP contribution in [0.25, 0.3) is 6.08 Å². The fourth-order valence-electron chi connectivity index (χ4n) is 1.10. The molecule has 1 aromatic heterocycles. The van der Waals surface area contributed by atoms with Crippen LogP contribution in [0.4, 0.5) is 0 Å². The van der Waals surface area contributed by atoms with Crippen molar-refractivity contribution >= 4 is 18.0 Å². The topological polar surface area (TPSA) is 76.5 Å². The zero-order chi connectivity index (χ0) is 12.0. The first-order chi connectivity index (χ1) is 7.65. The lowest BCUT2D eigenvalue weighted by Gasteiger charge is -1.98. The van der Waals surface area contributed by atoms with Gasteiger partial charge in [0.05, 0.1) is 13.5 Å². The number of carboxylic acids is 1. The van der Waals surface area contributed by atoms with E-state index in [1.165, 1.54) is 25.5 Å². The third-order valence-electron chi connectivity index (χ3n) is 1.85. The van der Waals surface area contributed by atoms with Crippen molar-refractivity contribution in [3.63, 3.8) is 0 Å². The van der Waals surface area contributed by atoms with Crippen LogP contribution in [0.1, 0.15) is 22.5 Å². The Bertz CT molecular complexity index is 426. The Balaban J connectivity index is 2.80. The maximum absolute atomic E-state index is 10.8. The van der Waals surface area contributed by atoms with Crippen LogP contribution in [0, 0.1) is 0 Å². The highest BCUT2D eigenvalue weighted by atomic mass is 16.5. The fraction of sp³-hybridized carbons (Fsp3) is 0.182. The summed E-state index contributed by atoms with van der Waals surface area (Å²) >= 11 is 0. The molecule has 0 spiro atoms. The quantitative estimate of drug-likeness (QED) is 0.777. The van der Waals surface area contributed by atoms with E-state index >= 15 is 0 Å². The second-order valence-corrected chi connectivity index (χ2v) is 2.93. The molecule has 0 unspecified atom stereocenters. The number of rotatable bonds is 4. The van der Waals surface area contributed by atoms with Gasteiger partial charge in [-0.1, -0.05) is 18.2 Å². The second kappa shape index (κ2) is 5.65. The van der Waals surface area contributed by atoms with Crippen LogP contribution in [-0.4, -0.2) is 29.1 Å². The zero-order valence-corrected chi connectivity index (χ0v) is 8.71. The first-order valence-electron chi connectivity index (χ1n) is 4.57. The van der Waals surface area contributed by atoms with Crippen molar-refractivity contribution in [2.45, 2.75) is 6.42 Å². The number of aromatic carboxylic acids is 1. The van der Waals surface area contributed by atoms with Crippen molar-refractivity contribution in [1.82, 2.24) is 4.98 Å². The van der Waals surface area contributed by atoms with Gasteiger partial charge in [0.25, 0.3) is 0 Å². The summed E-state index contributed by atoms with van der Waals surface area (Å²) in [6, 6.07) is 3.24. The lowest BCUT2D eigenvalue weighted by atomic mass is 10.1. The molecule has 1 rings (SSSR count). The predicted molar refractivity (Wildman–Crippen MR) is 56.9 cm³/mol. The molecular weight excluding hydrogens is 210 g/mol. The summed E-state index contributed by atoms with van der Waals surface area (Å²) < 4.78 is 4.44. The van der Waals surface area contributed by atoms with Crippen LogP contribution in [0.2, 0.25) is 0 Å². The third-order valence-corrected chi connectivity index (χ3v) is 1.85. The molecule has 0 fully saturated rings. The normalized spacial score (nSPS) is 10.3. The number of nitrogens with zero attached hydrogens (tertiary/aromatic N) is 1. The summed E-state index contributed by atoms with van der Waals surface area (Å²) in [6.45, 7) is 0. The number of aromatic nitrogens is 1. The molecule has 0 saturated heterocycles. The van der Waals surface area contributed by atoms with Gasteiger partial charge in [-0.2, -0.15) is 0 Å². The van der Waals surface area contributed by atoms with Crippen molar-refractivity contribution in [2.75, 3.05) is 7.11 Å². The summed E-state index contributed by atoms with van der Waals surface area (Å²) in [4.78, 5) is 25.3. The minimum absolute atomic E-state index is 0.0383. The van der Waals surface area contributed by atoms with Gasteiger partial charge >= 0.3 is 11.9 Å². The van der Waals surface area contributed by atoms with Gasteiger partial charge in [-0.25, -0.2) is 9.78 Å². The van der Waals surface area contributed by atoms with Crippen LogP contribution < -0.4 is 0 Å². The Morgan fingerprint density at radius 2 is 2.31 bits per heavy atom. The number of carbonyl (C=O) groups is 2. The van der Waals surface area contributed by atoms with Crippen molar-refractivity contribution in [3.05, 3.63) is 35.7 Å². The molecule has 0 aliphatic rings. The average molecular weight is 221 g/mol. The van der Waals surface area contributed by atoms with E-state index in [2.05, 4.69) is 9.72 Å². The van der Waals surface area contributed by atoms with Gasteiger partial charge in [0.15, 0.2) is 5.69 Å². The number of hydrogen-bond donors (Lipinski definition) is 1. The molecule has 84 valence electrons. The molecule has 1 heterocycles. The van der Waals surface area contributed by atoms with E-state index in [0.717, 1.165) is 0 Å². The van der Waals surface area contributed by atoms with Gasteiger partial charge in [-0.15, -0.1) is 0 Å². The van der Waals surface area contributed by atoms with Crippen LogP contribution in [0.3, 0.4) is 0 Å². The minimum atomic E-state index is -1.10. The molecule has 0 aliphatic carbocycles. The highest BCUT2D eigenvalue weighted by Crippen LogP contribution is 2.08. The Morgan fingerprint density at radius 3 is 2.94 bits per heavy atom. The Hall–Kier alpha value is -2.17. The molecule has 0 amide bonds. The molecule has 0 aromatic carbocycles. The molecule has 0 radical (unpaired) electrons. The summed E-state index contributed by atoms with van der Waals surface area (Å²) in [5.41, 5.74) is 0.419. The van der Waals surface area contributed by atoms with Gasteiger partial charge < -0.3 is 9.84 Å². The smallest absolute Gasteiger partial charge is 0.355 e. The maximum atomic E-state index is 10.8. The molecule has 16 heavy (non-hydrogen) atoms. The van der Waals surface area contributed by atoms with Crippen molar-refractivity contribution in [1.29, 1.82) is 0 Å². The Kier molecular flexibility index (Phi) is 4.20. The first kappa shape index (κ1) is 11.9. The molecule has 5 nitrogen and oxygen atoms in total. The van der Waals surface area contributed by atoms with E-state index in [-0.39, 0.29) is 18.1 Å². The molecule has 0 bridgehead atoms. The second-order valence-electron chi connectivity index (χ2n) is 2.93. The van der Waals surface area contributed by atoms with Crippen LogP contribution in [-0.2, 0) is 9.53 Å². The fourth-order valence-corrected chi connectivity index (χ4v) is 1.10. The standard InChI is InChI=1S/C11H11NO4/c1-16-9(13)6-2-4-8-5-3-7-12-10(8)11(14)15/h2-5,7H,6H2,1H3,(H,14,15). The number of ether oxygens (including phenoxy) is 1. The van der Waals surface area contributed by atoms with E-state index in [4.69, 9.17) is 5.11 Å². The Labute approximate surface area is 92.4 Å². The van der Waals surface area contributed by atoms with Gasteiger partial charge in [0, 0.05) is 11.8 Å². The summed E-state index contributed by atoms with van der Waals surface area (Å²) in [5.74, 6) is -1.48. The summed E-state index contributed by atoms with van der Waals surface area (Å²) in [5, 5.41) is 8.83. The summed E-state index contributed by atoms with van der Waals surface area (Å²) in [7, 11) is 1.29. The maximum Gasteiger partial charge on any atom is 0.355 e. The zero-order valence-electron chi connectivity index (χ0n) is 8.71. The minimum Gasteiger partial charge on any atom is -0.476 e. The first-order valence-corrected chi connectivity index (χ1v) is 4.57. The molecular formula is C11H11NO4. The number of carbonyl (C=O) groups excluding carboxylic acids is 1. The molecule has 0 saturated carbocycles. The van der Waals surface area contributed by atoms with E-state index < -0.39 is 5.97 Å². The van der Waals surface area contributed by atoms with E-state index in [1.54, 1.807) is 12.1 Å². The van der Waals surface area contributed by atoms with Crippen molar-refractivity contribution in [3.8, 4) is 0 Å². The highest BCUT2D eigenvalue weighted by Gasteiger charge is 2.08. The SMILES string of the molecule is COC(=O)CC=Cc1cccnc1C(=O)O. The third kappa shape index (κ3) is 3.20. The highest BCUT2D eigenvalue weighted by molar-refractivity contribution is 5.90. The summed E-state index contributed by atoms with van der Waals surface area (Å²) in [6.07, 6.45) is 4.58. The van der Waals surface area contributed by atoms with Crippen molar-refractivity contribution < 1.29 is 19.4 Å². The molecule has 0 atom stereocenters.